The van der Waals surface area contributed by atoms with Gasteiger partial charge in [-0.15, -0.1) is 11.3 Å². The number of fused-ring (bicyclic) bond motifs is 1. The highest BCUT2D eigenvalue weighted by Crippen LogP contribution is 2.41. The molecule has 0 amide bonds. The van der Waals surface area contributed by atoms with Gasteiger partial charge in [-0.25, -0.2) is 4.98 Å². The van der Waals surface area contributed by atoms with E-state index in [4.69, 9.17) is 4.98 Å². The fourth-order valence-electron chi connectivity index (χ4n) is 5.04. The van der Waals surface area contributed by atoms with E-state index in [2.05, 4.69) is 42.0 Å². The summed E-state index contributed by atoms with van der Waals surface area (Å²) < 4.78 is 2.38. The summed E-state index contributed by atoms with van der Waals surface area (Å²) in [7, 11) is 0. The van der Waals surface area contributed by atoms with E-state index < -0.39 is 0 Å². The number of imidazole rings is 1. The summed E-state index contributed by atoms with van der Waals surface area (Å²) in [6.07, 6.45) is 7.48. The first-order valence-electron chi connectivity index (χ1n) is 11.3. The Labute approximate surface area is 183 Å². The van der Waals surface area contributed by atoms with Crippen LogP contribution in [0.1, 0.15) is 85.9 Å². The lowest BCUT2D eigenvalue weighted by Gasteiger charge is -2.25. The van der Waals surface area contributed by atoms with E-state index in [-0.39, 0.29) is 17.8 Å². The van der Waals surface area contributed by atoms with Crippen molar-refractivity contribution in [1.29, 1.82) is 0 Å². The third-order valence-corrected chi connectivity index (χ3v) is 7.72. The number of Topliss-reactive ketones (excluding diaryl/α,β-unsaturated/α-hetero) is 1. The molecule has 4 rings (SSSR count). The van der Waals surface area contributed by atoms with Gasteiger partial charge < -0.3 is 9.67 Å². The monoisotopic (exact) mass is 424 g/mol. The van der Waals surface area contributed by atoms with Crippen LogP contribution in [-0.2, 0) is 6.42 Å². The number of carbonyl (C=O) groups excluding carboxylic acids is 1. The zero-order valence-corrected chi connectivity index (χ0v) is 18.9. The van der Waals surface area contributed by atoms with E-state index in [1.165, 1.54) is 4.88 Å². The summed E-state index contributed by atoms with van der Waals surface area (Å²) >= 11 is 1.76. The number of aromatic nitrogens is 2. The number of aliphatic hydroxyl groups excluding tert-OH is 1. The van der Waals surface area contributed by atoms with E-state index in [1.807, 2.05) is 12.1 Å². The second kappa shape index (κ2) is 9.03. The molecule has 0 aliphatic heterocycles. The molecule has 2 heterocycles. The Morgan fingerprint density at radius 1 is 1.23 bits per heavy atom. The van der Waals surface area contributed by atoms with Crippen LogP contribution in [0.5, 0.6) is 0 Å². The molecule has 0 spiro atoms. The molecule has 3 aromatic rings. The van der Waals surface area contributed by atoms with Crippen molar-refractivity contribution in [3.05, 3.63) is 52.0 Å². The van der Waals surface area contributed by atoms with Crippen LogP contribution in [0.25, 0.3) is 11.0 Å². The minimum Gasteiger partial charge on any atom is -0.396 e. The minimum absolute atomic E-state index is 0.106. The van der Waals surface area contributed by atoms with Gasteiger partial charge in [0, 0.05) is 41.3 Å². The second-order valence-electron chi connectivity index (χ2n) is 8.79. The van der Waals surface area contributed by atoms with Crippen molar-refractivity contribution in [2.75, 3.05) is 6.61 Å². The third kappa shape index (κ3) is 4.10. The normalized spacial score (nSPS) is 16.0. The smallest absolute Gasteiger partial charge is 0.163 e. The standard InChI is InChI=1S/C25H32N2O2S/c1-3-19(4-2)27-22-10-9-18(23(29)16-25(17-28)11-5-6-12-25)14-21(22)26-24(27)15-20-8-7-13-30-20/h7-10,13-14,19,28H,3-6,11-12,15-17H2,1-2H3. The maximum atomic E-state index is 13.1. The van der Waals surface area contributed by atoms with Crippen LogP contribution < -0.4 is 0 Å². The highest BCUT2D eigenvalue weighted by molar-refractivity contribution is 7.09. The van der Waals surface area contributed by atoms with E-state index in [0.717, 1.165) is 67.4 Å². The zero-order chi connectivity index (χ0) is 21.1. The predicted molar refractivity (Wildman–Crippen MR) is 123 cm³/mol. The topological polar surface area (TPSA) is 55.1 Å². The zero-order valence-electron chi connectivity index (χ0n) is 18.1. The van der Waals surface area contributed by atoms with Crippen LogP contribution in [0.2, 0.25) is 0 Å². The number of ketones is 1. The summed E-state index contributed by atoms with van der Waals surface area (Å²) in [6.45, 7) is 4.56. The van der Waals surface area contributed by atoms with Gasteiger partial charge in [-0.3, -0.25) is 4.79 Å². The molecule has 0 bridgehead atoms. The van der Waals surface area contributed by atoms with E-state index in [0.29, 0.717) is 12.5 Å². The average Bonchev–Trinajstić information content (AvgIpc) is 3.50. The van der Waals surface area contributed by atoms with Gasteiger partial charge in [0.25, 0.3) is 0 Å². The van der Waals surface area contributed by atoms with E-state index >= 15 is 0 Å². The summed E-state index contributed by atoms with van der Waals surface area (Å²) in [4.78, 5) is 19.3. The molecule has 2 aromatic heterocycles. The van der Waals surface area contributed by atoms with Crippen LogP contribution in [-0.4, -0.2) is 27.0 Å². The highest BCUT2D eigenvalue weighted by atomic mass is 32.1. The van der Waals surface area contributed by atoms with Gasteiger partial charge in [0.05, 0.1) is 11.0 Å². The molecule has 1 N–H and O–H groups in total. The summed E-state index contributed by atoms with van der Waals surface area (Å²) in [6, 6.07) is 10.6. The van der Waals surface area contributed by atoms with Crippen molar-refractivity contribution in [3.63, 3.8) is 0 Å². The highest BCUT2D eigenvalue weighted by Gasteiger charge is 2.35. The van der Waals surface area contributed by atoms with Gasteiger partial charge in [-0.2, -0.15) is 0 Å². The number of benzene rings is 1. The number of rotatable bonds is 9. The second-order valence-corrected chi connectivity index (χ2v) is 9.83. The number of nitrogens with zero attached hydrogens (tertiary/aromatic N) is 2. The van der Waals surface area contributed by atoms with Crippen LogP contribution in [0.4, 0.5) is 0 Å². The van der Waals surface area contributed by atoms with Gasteiger partial charge in [0.15, 0.2) is 5.78 Å². The molecule has 0 radical (unpaired) electrons. The number of carbonyl (C=O) groups is 1. The Bertz CT molecular complexity index is 996. The van der Waals surface area contributed by atoms with Gasteiger partial charge in [0.1, 0.15) is 5.82 Å². The average molecular weight is 425 g/mol. The van der Waals surface area contributed by atoms with Crippen molar-refractivity contribution in [2.45, 2.75) is 71.3 Å². The molecule has 1 aliphatic rings. The lowest BCUT2D eigenvalue weighted by Crippen LogP contribution is -2.25. The van der Waals surface area contributed by atoms with Gasteiger partial charge in [-0.05, 0) is 55.3 Å². The quantitative estimate of drug-likeness (QED) is 0.418. The molecule has 0 saturated heterocycles. The molecule has 160 valence electrons. The van der Waals surface area contributed by atoms with Crippen molar-refractivity contribution < 1.29 is 9.90 Å². The molecule has 1 fully saturated rings. The Hall–Kier alpha value is -1.98. The molecule has 1 saturated carbocycles. The molecular weight excluding hydrogens is 392 g/mol. The van der Waals surface area contributed by atoms with Crippen LogP contribution >= 0.6 is 11.3 Å². The maximum absolute atomic E-state index is 13.1. The SMILES string of the molecule is CCC(CC)n1c(Cc2cccs2)nc2cc(C(=O)CC3(CO)CCCC3)ccc21. The maximum Gasteiger partial charge on any atom is 0.163 e. The van der Waals surface area contributed by atoms with Crippen molar-refractivity contribution in [1.82, 2.24) is 9.55 Å². The molecular formula is C25H32N2O2S. The number of hydrogen-bond donors (Lipinski definition) is 1. The molecule has 0 atom stereocenters. The fraction of sp³-hybridized carbons (Fsp3) is 0.520. The first-order valence-corrected chi connectivity index (χ1v) is 12.1. The summed E-state index contributed by atoms with van der Waals surface area (Å²) in [5.41, 5.74) is 2.53. The number of hydrogen-bond acceptors (Lipinski definition) is 4. The van der Waals surface area contributed by atoms with E-state index in [9.17, 15) is 9.90 Å². The largest absolute Gasteiger partial charge is 0.396 e. The Kier molecular flexibility index (Phi) is 6.40. The number of thiophene rings is 1. The van der Waals surface area contributed by atoms with Gasteiger partial charge in [-0.1, -0.05) is 32.8 Å². The molecule has 0 unspecified atom stereocenters. The molecule has 5 heteroatoms. The van der Waals surface area contributed by atoms with Crippen molar-refractivity contribution in [3.8, 4) is 0 Å². The molecule has 4 nitrogen and oxygen atoms in total. The first kappa shape index (κ1) is 21.3. The predicted octanol–water partition coefficient (Wildman–Crippen LogP) is 6.18. The summed E-state index contributed by atoms with van der Waals surface area (Å²) in [5.74, 6) is 1.21. The van der Waals surface area contributed by atoms with Gasteiger partial charge >= 0.3 is 0 Å². The lowest BCUT2D eigenvalue weighted by atomic mass is 9.81. The van der Waals surface area contributed by atoms with E-state index in [1.54, 1.807) is 11.3 Å². The van der Waals surface area contributed by atoms with Crippen LogP contribution in [0, 0.1) is 5.41 Å². The first-order chi connectivity index (χ1) is 14.6. The fourth-order valence-corrected chi connectivity index (χ4v) is 5.74. The third-order valence-electron chi connectivity index (χ3n) is 6.84. The number of aliphatic hydroxyl groups is 1. The van der Waals surface area contributed by atoms with Crippen LogP contribution in [0.15, 0.2) is 35.7 Å². The summed E-state index contributed by atoms with van der Waals surface area (Å²) in [5, 5.41) is 12.0. The Balaban J connectivity index is 1.69. The van der Waals surface area contributed by atoms with Crippen molar-refractivity contribution >= 4 is 28.2 Å². The lowest BCUT2D eigenvalue weighted by molar-refractivity contribution is 0.0793. The van der Waals surface area contributed by atoms with Gasteiger partial charge in [0.2, 0.25) is 0 Å². The Morgan fingerprint density at radius 2 is 2.00 bits per heavy atom. The molecule has 1 aromatic carbocycles. The van der Waals surface area contributed by atoms with Crippen molar-refractivity contribution in [2.24, 2.45) is 5.41 Å². The Morgan fingerprint density at radius 3 is 2.63 bits per heavy atom. The molecule has 30 heavy (non-hydrogen) atoms. The van der Waals surface area contributed by atoms with Crippen LogP contribution in [0.3, 0.4) is 0 Å². The molecule has 1 aliphatic carbocycles. The minimum atomic E-state index is -0.217.